The molecule has 23 heavy (non-hydrogen) atoms. The van der Waals surface area contributed by atoms with Crippen molar-refractivity contribution in [3.05, 3.63) is 40.4 Å². The monoisotopic (exact) mass is 347 g/mol. The Morgan fingerprint density at radius 1 is 1.22 bits per heavy atom. The molecule has 0 spiro atoms. The normalized spacial score (nSPS) is 12.7. The average molecular weight is 347 g/mol. The number of rotatable bonds is 5. The number of aromatic nitrogens is 4. The molecule has 0 saturated heterocycles. The SMILES string of the molecule is CC(C)Nc1nnc(SC(C)c2nc3ccccc3c(=O)[nH]2)s1. The molecule has 0 radical (unpaired) electrons. The highest BCUT2D eigenvalue weighted by molar-refractivity contribution is 8.01. The lowest BCUT2D eigenvalue weighted by Gasteiger charge is -2.09. The van der Waals surface area contributed by atoms with Gasteiger partial charge >= 0.3 is 0 Å². The average Bonchev–Trinajstić information content (AvgIpc) is 2.93. The molecule has 2 aromatic heterocycles. The van der Waals surface area contributed by atoms with Crippen LogP contribution in [0.5, 0.6) is 0 Å². The number of hydrogen-bond donors (Lipinski definition) is 2. The molecule has 8 heteroatoms. The Morgan fingerprint density at radius 3 is 2.78 bits per heavy atom. The Balaban J connectivity index is 1.81. The van der Waals surface area contributed by atoms with E-state index in [0.717, 1.165) is 9.47 Å². The number of aromatic amines is 1. The number of hydrogen-bond acceptors (Lipinski definition) is 7. The number of nitrogens with one attached hydrogen (secondary N) is 2. The van der Waals surface area contributed by atoms with Crippen molar-refractivity contribution in [1.82, 2.24) is 20.2 Å². The minimum Gasteiger partial charge on any atom is -0.358 e. The highest BCUT2D eigenvalue weighted by atomic mass is 32.2. The zero-order chi connectivity index (χ0) is 16.4. The van der Waals surface area contributed by atoms with Gasteiger partial charge in [0.05, 0.1) is 16.2 Å². The van der Waals surface area contributed by atoms with Gasteiger partial charge in [-0.25, -0.2) is 4.98 Å². The molecule has 2 heterocycles. The van der Waals surface area contributed by atoms with Crippen molar-refractivity contribution in [3.63, 3.8) is 0 Å². The van der Waals surface area contributed by atoms with Crippen LogP contribution in [-0.2, 0) is 0 Å². The van der Waals surface area contributed by atoms with Crippen LogP contribution < -0.4 is 10.9 Å². The predicted octanol–water partition coefficient (Wildman–Crippen LogP) is 3.45. The minimum absolute atomic E-state index is 0.0212. The summed E-state index contributed by atoms with van der Waals surface area (Å²) in [5.41, 5.74) is 0.593. The molecule has 2 N–H and O–H groups in total. The summed E-state index contributed by atoms with van der Waals surface area (Å²) in [5.74, 6) is 0.646. The van der Waals surface area contributed by atoms with E-state index in [2.05, 4.69) is 39.3 Å². The number of H-pyrrole nitrogens is 1. The van der Waals surface area contributed by atoms with Crippen LogP contribution in [0.25, 0.3) is 10.9 Å². The van der Waals surface area contributed by atoms with E-state index >= 15 is 0 Å². The molecule has 1 aromatic carbocycles. The van der Waals surface area contributed by atoms with Crippen molar-refractivity contribution in [2.45, 2.75) is 36.4 Å². The minimum atomic E-state index is -0.113. The second-order valence-electron chi connectivity index (χ2n) is 5.40. The highest BCUT2D eigenvalue weighted by Gasteiger charge is 2.15. The molecule has 6 nitrogen and oxygen atoms in total. The van der Waals surface area contributed by atoms with Crippen LogP contribution in [-0.4, -0.2) is 26.2 Å². The van der Waals surface area contributed by atoms with Gasteiger partial charge in [0, 0.05) is 6.04 Å². The molecular formula is C15H17N5OS2. The van der Waals surface area contributed by atoms with Gasteiger partial charge in [0.25, 0.3) is 5.56 Å². The van der Waals surface area contributed by atoms with Crippen LogP contribution in [0.2, 0.25) is 0 Å². The third kappa shape index (κ3) is 3.70. The molecule has 3 aromatic rings. The fourth-order valence-corrected chi connectivity index (χ4v) is 4.17. The standard InChI is InChI=1S/C15H17N5OS2/c1-8(2)16-14-19-20-15(23-14)22-9(3)12-17-11-7-5-4-6-10(11)13(21)18-12/h4-9H,1-3H3,(H,16,19)(H,17,18,21). The molecule has 0 saturated carbocycles. The first-order chi connectivity index (χ1) is 11.0. The summed E-state index contributed by atoms with van der Waals surface area (Å²) in [4.78, 5) is 19.6. The summed E-state index contributed by atoms with van der Waals surface area (Å²) in [6.07, 6.45) is 0. The maximum Gasteiger partial charge on any atom is 0.258 e. The van der Waals surface area contributed by atoms with Crippen molar-refractivity contribution in [2.75, 3.05) is 5.32 Å². The van der Waals surface area contributed by atoms with Crippen LogP contribution in [0.4, 0.5) is 5.13 Å². The number of benzene rings is 1. The lowest BCUT2D eigenvalue weighted by molar-refractivity contribution is 0.881. The number of para-hydroxylation sites is 1. The zero-order valence-electron chi connectivity index (χ0n) is 13.0. The van der Waals surface area contributed by atoms with Crippen molar-refractivity contribution >= 4 is 39.1 Å². The molecule has 0 fully saturated rings. The second kappa shape index (κ2) is 6.67. The first-order valence-corrected chi connectivity index (χ1v) is 8.98. The number of anilines is 1. The van der Waals surface area contributed by atoms with E-state index < -0.39 is 0 Å². The van der Waals surface area contributed by atoms with Gasteiger partial charge in [0.15, 0.2) is 4.34 Å². The summed E-state index contributed by atoms with van der Waals surface area (Å²) < 4.78 is 0.844. The van der Waals surface area contributed by atoms with Gasteiger partial charge in [-0.2, -0.15) is 0 Å². The quantitative estimate of drug-likeness (QED) is 0.688. The van der Waals surface area contributed by atoms with Gasteiger partial charge in [-0.05, 0) is 32.9 Å². The summed E-state index contributed by atoms with van der Waals surface area (Å²) in [6, 6.07) is 7.65. The van der Waals surface area contributed by atoms with Gasteiger partial charge in [0.2, 0.25) is 5.13 Å². The van der Waals surface area contributed by atoms with Gasteiger partial charge in [-0.1, -0.05) is 35.2 Å². The largest absolute Gasteiger partial charge is 0.358 e. The molecular weight excluding hydrogens is 330 g/mol. The van der Waals surface area contributed by atoms with Gasteiger partial charge in [-0.15, -0.1) is 10.2 Å². The molecule has 1 atom stereocenters. The zero-order valence-corrected chi connectivity index (χ0v) is 14.7. The smallest absolute Gasteiger partial charge is 0.258 e. The van der Waals surface area contributed by atoms with E-state index in [1.165, 1.54) is 23.1 Å². The van der Waals surface area contributed by atoms with Crippen LogP contribution >= 0.6 is 23.1 Å². The molecule has 3 rings (SSSR count). The van der Waals surface area contributed by atoms with E-state index in [9.17, 15) is 4.79 Å². The number of fused-ring (bicyclic) bond motifs is 1. The lowest BCUT2D eigenvalue weighted by Crippen LogP contribution is -2.12. The predicted molar refractivity (Wildman–Crippen MR) is 95.3 cm³/mol. The Kier molecular flexibility index (Phi) is 4.63. The van der Waals surface area contributed by atoms with Crippen molar-refractivity contribution in [3.8, 4) is 0 Å². The Bertz CT molecular complexity index is 873. The van der Waals surface area contributed by atoms with Crippen molar-refractivity contribution < 1.29 is 0 Å². The van der Waals surface area contributed by atoms with Crippen LogP contribution in [0.15, 0.2) is 33.4 Å². The fourth-order valence-electron chi connectivity index (χ4n) is 2.07. The van der Waals surface area contributed by atoms with Crippen LogP contribution in [0.1, 0.15) is 31.8 Å². The summed E-state index contributed by atoms with van der Waals surface area (Å²) >= 11 is 3.04. The van der Waals surface area contributed by atoms with Crippen molar-refractivity contribution in [2.24, 2.45) is 0 Å². The Hall–Kier alpha value is -1.93. The summed E-state index contributed by atoms with van der Waals surface area (Å²) in [5, 5.41) is 12.9. The third-order valence-electron chi connectivity index (χ3n) is 3.11. The Morgan fingerprint density at radius 2 is 2.00 bits per heavy atom. The summed E-state index contributed by atoms with van der Waals surface area (Å²) in [7, 11) is 0. The Labute approximate surface area is 141 Å². The first-order valence-electron chi connectivity index (χ1n) is 7.28. The molecule has 0 aliphatic carbocycles. The highest BCUT2D eigenvalue weighted by Crippen LogP contribution is 2.36. The van der Waals surface area contributed by atoms with Gasteiger partial charge in [-0.3, -0.25) is 4.79 Å². The molecule has 0 aliphatic heterocycles. The first kappa shape index (κ1) is 15.9. The maximum absolute atomic E-state index is 12.1. The molecule has 0 amide bonds. The third-order valence-corrected chi connectivity index (χ3v) is 5.16. The van der Waals surface area contributed by atoms with E-state index in [1.807, 2.05) is 25.1 Å². The number of nitrogens with zero attached hydrogens (tertiary/aromatic N) is 3. The molecule has 0 aliphatic rings. The lowest BCUT2D eigenvalue weighted by atomic mass is 10.2. The summed E-state index contributed by atoms with van der Waals surface area (Å²) in [6.45, 7) is 6.11. The van der Waals surface area contributed by atoms with E-state index in [4.69, 9.17) is 0 Å². The topological polar surface area (TPSA) is 83.6 Å². The molecule has 1 unspecified atom stereocenters. The van der Waals surface area contributed by atoms with Crippen LogP contribution in [0, 0.1) is 0 Å². The van der Waals surface area contributed by atoms with Crippen LogP contribution in [0.3, 0.4) is 0 Å². The second-order valence-corrected chi connectivity index (χ2v) is 7.97. The van der Waals surface area contributed by atoms with Crippen molar-refractivity contribution in [1.29, 1.82) is 0 Å². The number of thioether (sulfide) groups is 1. The molecule has 0 bridgehead atoms. The van der Waals surface area contributed by atoms with Gasteiger partial charge < -0.3 is 10.3 Å². The van der Waals surface area contributed by atoms with E-state index in [0.29, 0.717) is 22.8 Å². The fraction of sp³-hybridized carbons (Fsp3) is 0.333. The maximum atomic E-state index is 12.1. The van der Waals surface area contributed by atoms with Gasteiger partial charge in [0.1, 0.15) is 5.82 Å². The molecule has 120 valence electrons. The van der Waals surface area contributed by atoms with E-state index in [-0.39, 0.29) is 10.8 Å². The van der Waals surface area contributed by atoms with E-state index in [1.54, 1.807) is 6.07 Å².